The van der Waals surface area contributed by atoms with E-state index in [0.29, 0.717) is 5.06 Å². The standard InChI is InChI=1S/C16H15NO6/c1-9(18)23-17-14(19)12-7-6-10(8-13(12)15(17)20)16(21)22-11-4-2-3-5-11/h6-8,11H,2-5H2,1H3. The summed E-state index contributed by atoms with van der Waals surface area (Å²) < 4.78 is 5.38. The van der Waals surface area contributed by atoms with Crippen LogP contribution in [-0.4, -0.2) is 34.9 Å². The first-order valence-corrected chi connectivity index (χ1v) is 7.39. The zero-order valence-corrected chi connectivity index (χ0v) is 12.5. The summed E-state index contributed by atoms with van der Waals surface area (Å²) in [5, 5.41) is 0.402. The Balaban J connectivity index is 1.82. The number of hydrogen-bond acceptors (Lipinski definition) is 6. The van der Waals surface area contributed by atoms with Gasteiger partial charge in [0, 0.05) is 6.92 Å². The van der Waals surface area contributed by atoms with Crippen LogP contribution >= 0.6 is 0 Å². The molecule has 0 aromatic heterocycles. The fourth-order valence-corrected chi connectivity index (χ4v) is 2.78. The van der Waals surface area contributed by atoms with Crippen LogP contribution in [0.5, 0.6) is 0 Å². The van der Waals surface area contributed by atoms with Gasteiger partial charge in [0.25, 0.3) is 11.8 Å². The first-order valence-electron chi connectivity index (χ1n) is 7.39. The van der Waals surface area contributed by atoms with Crippen molar-refractivity contribution < 1.29 is 28.8 Å². The van der Waals surface area contributed by atoms with Crippen molar-refractivity contribution in [2.45, 2.75) is 38.7 Å². The molecule has 1 aliphatic heterocycles. The lowest BCUT2D eigenvalue weighted by atomic mass is 10.1. The van der Waals surface area contributed by atoms with Crippen LogP contribution in [0.1, 0.15) is 63.7 Å². The van der Waals surface area contributed by atoms with Gasteiger partial charge in [-0.05, 0) is 43.9 Å². The average Bonchev–Trinajstić information content (AvgIpc) is 3.10. The van der Waals surface area contributed by atoms with E-state index in [1.54, 1.807) is 0 Å². The molecule has 1 aromatic carbocycles. The van der Waals surface area contributed by atoms with E-state index in [0.717, 1.165) is 32.6 Å². The topological polar surface area (TPSA) is 90.0 Å². The number of carbonyl (C=O) groups excluding carboxylic acids is 4. The van der Waals surface area contributed by atoms with E-state index < -0.39 is 23.8 Å². The summed E-state index contributed by atoms with van der Waals surface area (Å²) >= 11 is 0. The summed E-state index contributed by atoms with van der Waals surface area (Å²) in [6.07, 6.45) is 3.66. The lowest BCUT2D eigenvalue weighted by molar-refractivity contribution is -0.165. The van der Waals surface area contributed by atoms with E-state index >= 15 is 0 Å². The minimum Gasteiger partial charge on any atom is -0.459 e. The minimum absolute atomic E-state index is 0.0251. The predicted octanol–water partition coefficient (Wildman–Crippen LogP) is 1.86. The van der Waals surface area contributed by atoms with Crippen molar-refractivity contribution in [3.8, 4) is 0 Å². The maximum Gasteiger partial charge on any atom is 0.338 e. The number of hydrogen-bond donors (Lipinski definition) is 0. The van der Waals surface area contributed by atoms with Crippen LogP contribution in [0, 0.1) is 0 Å². The van der Waals surface area contributed by atoms with Gasteiger partial charge in [-0.1, -0.05) is 5.06 Å². The van der Waals surface area contributed by atoms with Crippen LogP contribution in [0.2, 0.25) is 0 Å². The first-order chi connectivity index (χ1) is 11.0. The molecule has 1 aliphatic carbocycles. The van der Waals surface area contributed by atoms with Gasteiger partial charge in [-0.3, -0.25) is 9.59 Å². The minimum atomic E-state index is -0.777. The van der Waals surface area contributed by atoms with Crippen LogP contribution < -0.4 is 0 Å². The molecule has 120 valence electrons. The molecule has 0 N–H and O–H groups in total. The van der Waals surface area contributed by atoms with E-state index in [9.17, 15) is 19.2 Å². The number of fused-ring (bicyclic) bond motifs is 1. The Morgan fingerprint density at radius 3 is 2.39 bits per heavy atom. The molecule has 7 heteroatoms. The second kappa shape index (κ2) is 5.83. The van der Waals surface area contributed by atoms with E-state index in [4.69, 9.17) is 4.74 Å². The Hall–Kier alpha value is -2.70. The highest BCUT2D eigenvalue weighted by molar-refractivity contribution is 6.21. The van der Waals surface area contributed by atoms with Gasteiger partial charge in [-0.25, -0.2) is 9.59 Å². The Kier molecular flexibility index (Phi) is 3.85. The van der Waals surface area contributed by atoms with Gasteiger partial charge in [0.15, 0.2) is 0 Å². The largest absolute Gasteiger partial charge is 0.459 e. The van der Waals surface area contributed by atoms with Crippen molar-refractivity contribution in [1.29, 1.82) is 0 Å². The van der Waals surface area contributed by atoms with E-state index in [1.165, 1.54) is 18.2 Å². The predicted molar refractivity (Wildman–Crippen MR) is 76.4 cm³/mol. The molecule has 1 heterocycles. The molecule has 0 bridgehead atoms. The van der Waals surface area contributed by atoms with Crippen LogP contribution in [0.3, 0.4) is 0 Å². The Morgan fingerprint density at radius 2 is 1.74 bits per heavy atom. The molecule has 23 heavy (non-hydrogen) atoms. The maximum atomic E-state index is 12.1. The van der Waals surface area contributed by atoms with E-state index in [1.807, 2.05) is 0 Å². The van der Waals surface area contributed by atoms with Crippen molar-refractivity contribution in [3.05, 3.63) is 34.9 Å². The second-order valence-electron chi connectivity index (χ2n) is 5.56. The summed E-state index contributed by atoms with van der Waals surface area (Å²) in [6.45, 7) is 1.09. The maximum absolute atomic E-state index is 12.1. The summed E-state index contributed by atoms with van der Waals surface area (Å²) in [6, 6.07) is 4.10. The number of esters is 1. The molecule has 7 nitrogen and oxygen atoms in total. The number of nitrogens with zero attached hydrogens (tertiary/aromatic N) is 1. The van der Waals surface area contributed by atoms with Gasteiger partial charge < -0.3 is 9.57 Å². The van der Waals surface area contributed by atoms with Gasteiger partial charge in [-0.15, -0.1) is 0 Å². The molecule has 1 saturated carbocycles. The number of ether oxygens (including phenoxy) is 1. The monoisotopic (exact) mass is 317 g/mol. The van der Waals surface area contributed by atoms with Gasteiger partial charge in [0.05, 0.1) is 16.7 Å². The molecule has 3 rings (SSSR count). The number of carbonyl (C=O) groups is 4. The summed E-state index contributed by atoms with van der Waals surface area (Å²) in [7, 11) is 0. The number of benzene rings is 1. The number of rotatable bonds is 3. The molecule has 1 aromatic rings. The lowest BCUT2D eigenvalue weighted by Gasteiger charge is -2.11. The molecule has 1 fully saturated rings. The Morgan fingerprint density at radius 1 is 1.09 bits per heavy atom. The smallest absolute Gasteiger partial charge is 0.338 e. The molecule has 0 radical (unpaired) electrons. The zero-order chi connectivity index (χ0) is 16.6. The molecular formula is C16H15NO6. The molecule has 0 unspecified atom stereocenters. The number of imide groups is 1. The Bertz CT molecular complexity index is 705. The third-order valence-electron chi connectivity index (χ3n) is 3.88. The second-order valence-corrected chi connectivity index (χ2v) is 5.56. The van der Waals surface area contributed by atoms with Crippen molar-refractivity contribution in [1.82, 2.24) is 5.06 Å². The summed E-state index contributed by atoms with van der Waals surface area (Å²) in [5.41, 5.74) is 0.312. The first kappa shape index (κ1) is 15.2. The quantitative estimate of drug-likeness (QED) is 0.624. The van der Waals surface area contributed by atoms with Crippen LogP contribution in [0.15, 0.2) is 18.2 Å². The van der Waals surface area contributed by atoms with Crippen molar-refractivity contribution in [2.75, 3.05) is 0 Å². The van der Waals surface area contributed by atoms with Crippen molar-refractivity contribution >= 4 is 23.8 Å². The van der Waals surface area contributed by atoms with Gasteiger partial charge in [0.1, 0.15) is 6.10 Å². The number of amides is 2. The van der Waals surface area contributed by atoms with Crippen molar-refractivity contribution in [3.63, 3.8) is 0 Å². The molecule has 2 aliphatic rings. The highest BCUT2D eigenvalue weighted by Gasteiger charge is 2.39. The molecule has 0 spiro atoms. The Labute approximate surface area is 132 Å². The van der Waals surface area contributed by atoms with Crippen LogP contribution in [0.25, 0.3) is 0 Å². The normalized spacial score (nSPS) is 17.3. The van der Waals surface area contributed by atoms with Gasteiger partial charge >= 0.3 is 11.9 Å². The average molecular weight is 317 g/mol. The number of hydroxylamine groups is 2. The van der Waals surface area contributed by atoms with Gasteiger partial charge in [-0.2, -0.15) is 0 Å². The summed E-state index contributed by atoms with van der Waals surface area (Å²) in [5.74, 6) is -2.79. The van der Waals surface area contributed by atoms with E-state index in [2.05, 4.69) is 4.84 Å². The van der Waals surface area contributed by atoms with Crippen molar-refractivity contribution in [2.24, 2.45) is 0 Å². The highest BCUT2D eigenvalue weighted by Crippen LogP contribution is 2.26. The van der Waals surface area contributed by atoms with Crippen LogP contribution in [-0.2, 0) is 14.4 Å². The zero-order valence-electron chi connectivity index (χ0n) is 12.5. The molecule has 2 amide bonds. The lowest BCUT2D eigenvalue weighted by Crippen LogP contribution is -2.31. The molecule has 0 atom stereocenters. The fraction of sp³-hybridized carbons (Fsp3) is 0.375. The van der Waals surface area contributed by atoms with Crippen LogP contribution in [0.4, 0.5) is 0 Å². The molecular weight excluding hydrogens is 302 g/mol. The summed E-state index contributed by atoms with van der Waals surface area (Å²) in [4.78, 5) is 51.9. The fourth-order valence-electron chi connectivity index (χ4n) is 2.78. The highest BCUT2D eigenvalue weighted by atomic mass is 16.7. The van der Waals surface area contributed by atoms with E-state index in [-0.39, 0.29) is 22.8 Å². The third kappa shape index (κ3) is 2.81. The molecule has 0 saturated heterocycles. The SMILES string of the molecule is CC(=O)ON1C(=O)c2ccc(C(=O)OC3CCCC3)cc2C1=O. The van der Waals surface area contributed by atoms with Gasteiger partial charge in [0.2, 0.25) is 0 Å². The third-order valence-corrected chi connectivity index (χ3v) is 3.88.